The normalized spacial score (nSPS) is 23.4. The van der Waals surface area contributed by atoms with E-state index >= 15 is 0 Å². The van der Waals surface area contributed by atoms with Crippen molar-refractivity contribution >= 4 is 11.7 Å². The summed E-state index contributed by atoms with van der Waals surface area (Å²) < 4.78 is 13.0. The second-order valence-corrected chi connectivity index (χ2v) is 7.95. The van der Waals surface area contributed by atoms with Crippen LogP contribution in [-0.4, -0.2) is 56.2 Å². The SMILES string of the molecule is C[C@@H]1CCCCN1CCCNC(=O)NC[C@@H]1CCN(c2ccc(F)cc2)C1. The number of nitrogens with zero attached hydrogens (tertiary/aromatic N) is 2. The van der Waals surface area contributed by atoms with Crippen LogP contribution < -0.4 is 15.5 Å². The van der Waals surface area contributed by atoms with E-state index in [1.54, 1.807) is 0 Å². The van der Waals surface area contributed by atoms with Crippen molar-refractivity contribution in [1.29, 1.82) is 0 Å². The first-order chi connectivity index (χ1) is 13.1. The van der Waals surface area contributed by atoms with Gasteiger partial charge in [0.15, 0.2) is 0 Å². The van der Waals surface area contributed by atoms with E-state index in [4.69, 9.17) is 0 Å². The van der Waals surface area contributed by atoms with E-state index in [-0.39, 0.29) is 11.8 Å². The number of hydrogen-bond donors (Lipinski definition) is 2. The van der Waals surface area contributed by atoms with Gasteiger partial charge in [0.2, 0.25) is 0 Å². The highest BCUT2D eigenvalue weighted by atomic mass is 19.1. The number of carbonyl (C=O) groups is 1. The minimum atomic E-state index is -0.206. The number of urea groups is 1. The van der Waals surface area contributed by atoms with E-state index in [1.807, 2.05) is 12.1 Å². The topological polar surface area (TPSA) is 47.6 Å². The lowest BCUT2D eigenvalue weighted by atomic mass is 10.0. The molecule has 0 saturated carbocycles. The second kappa shape index (κ2) is 9.93. The number of piperidine rings is 1. The standard InChI is InChI=1S/C21H33FN4O/c1-17-5-2-3-12-25(17)13-4-11-23-21(27)24-15-18-10-14-26(16-18)20-8-6-19(22)7-9-20/h6-9,17-18H,2-5,10-16H2,1H3,(H2,23,24,27)/t17-,18+/m1/s1. The molecule has 1 aromatic carbocycles. The molecule has 150 valence electrons. The molecule has 0 spiro atoms. The molecule has 2 heterocycles. The molecule has 2 N–H and O–H groups in total. The van der Waals surface area contributed by atoms with E-state index in [0.29, 0.717) is 18.5 Å². The molecule has 6 heteroatoms. The van der Waals surface area contributed by atoms with Crippen molar-refractivity contribution in [1.82, 2.24) is 15.5 Å². The van der Waals surface area contributed by atoms with Crippen molar-refractivity contribution in [2.24, 2.45) is 5.92 Å². The van der Waals surface area contributed by atoms with Crippen LogP contribution in [0.4, 0.5) is 14.9 Å². The summed E-state index contributed by atoms with van der Waals surface area (Å²) in [6.07, 6.45) is 5.99. The third kappa shape index (κ3) is 6.09. The number of nitrogens with one attached hydrogen (secondary N) is 2. The minimum absolute atomic E-state index is 0.0677. The summed E-state index contributed by atoms with van der Waals surface area (Å²) >= 11 is 0. The minimum Gasteiger partial charge on any atom is -0.371 e. The van der Waals surface area contributed by atoms with Crippen LogP contribution in [0.15, 0.2) is 24.3 Å². The van der Waals surface area contributed by atoms with Gasteiger partial charge in [0.05, 0.1) is 0 Å². The number of rotatable bonds is 7. The molecule has 0 aromatic heterocycles. The molecule has 0 unspecified atom stereocenters. The van der Waals surface area contributed by atoms with E-state index < -0.39 is 0 Å². The van der Waals surface area contributed by atoms with Gasteiger partial charge in [-0.25, -0.2) is 9.18 Å². The van der Waals surface area contributed by atoms with Gasteiger partial charge < -0.3 is 20.4 Å². The van der Waals surface area contributed by atoms with Gasteiger partial charge in [0.25, 0.3) is 0 Å². The van der Waals surface area contributed by atoms with E-state index in [9.17, 15) is 9.18 Å². The first-order valence-corrected chi connectivity index (χ1v) is 10.4. The Labute approximate surface area is 162 Å². The Hall–Kier alpha value is -1.82. The zero-order valence-electron chi connectivity index (χ0n) is 16.4. The molecule has 2 aliphatic heterocycles. The largest absolute Gasteiger partial charge is 0.371 e. The zero-order valence-corrected chi connectivity index (χ0v) is 16.4. The fraction of sp³-hybridized carbons (Fsp3) is 0.667. The molecule has 2 amide bonds. The van der Waals surface area contributed by atoms with Crippen LogP contribution in [0.3, 0.4) is 0 Å². The molecular formula is C21H33FN4O. The summed E-state index contributed by atoms with van der Waals surface area (Å²) in [5, 5.41) is 5.98. The Morgan fingerprint density at radius 3 is 2.74 bits per heavy atom. The fourth-order valence-electron chi connectivity index (χ4n) is 4.16. The predicted octanol–water partition coefficient (Wildman–Crippen LogP) is 3.22. The molecule has 1 aromatic rings. The Balaban J connectivity index is 1.27. The van der Waals surface area contributed by atoms with Crippen molar-refractivity contribution in [3.63, 3.8) is 0 Å². The average molecular weight is 377 g/mol. The lowest BCUT2D eigenvalue weighted by molar-refractivity contribution is 0.159. The highest BCUT2D eigenvalue weighted by Crippen LogP contribution is 2.23. The summed E-state index contributed by atoms with van der Waals surface area (Å²) in [6.45, 7) is 7.83. The molecule has 0 radical (unpaired) electrons. The van der Waals surface area contributed by atoms with Crippen LogP contribution in [0.25, 0.3) is 0 Å². The number of anilines is 1. The van der Waals surface area contributed by atoms with Crippen molar-refractivity contribution < 1.29 is 9.18 Å². The molecule has 2 aliphatic rings. The number of likely N-dealkylation sites (tertiary alicyclic amines) is 1. The number of hydrogen-bond acceptors (Lipinski definition) is 3. The lowest BCUT2D eigenvalue weighted by Gasteiger charge is -2.33. The van der Waals surface area contributed by atoms with Crippen molar-refractivity contribution in [2.45, 2.75) is 45.1 Å². The van der Waals surface area contributed by atoms with E-state index in [2.05, 4.69) is 27.4 Å². The Morgan fingerprint density at radius 1 is 1.15 bits per heavy atom. The maximum absolute atomic E-state index is 13.0. The molecule has 2 atom stereocenters. The number of carbonyl (C=O) groups excluding carboxylic acids is 1. The van der Waals surface area contributed by atoms with Gasteiger partial charge in [-0.15, -0.1) is 0 Å². The monoisotopic (exact) mass is 376 g/mol. The molecular weight excluding hydrogens is 343 g/mol. The van der Waals surface area contributed by atoms with Gasteiger partial charge in [-0.1, -0.05) is 6.42 Å². The molecule has 2 saturated heterocycles. The zero-order chi connectivity index (χ0) is 19.1. The second-order valence-electron chi connectivity index (χ2n) is 7.95. The quantitative estimate of drug-likeness (QED) is 0.719. The summed E-state index contributed by atoms with van der Waals surface area (Å²) in [4.78, 5) is 16.8. The first kappa shape index (κ1) is 19.9. The van der Waals surface area contributed by atoms with Crippen molar-refractivity contribution in [3.05, 3.63) is 30.1 Å². The molecule has 3 rings (SSSR count). The lowest BCUT2D eigenvalue weighted by Crippen LogP contribution is -2.41. The summed E-state index contributed by atoms with van der Waals surface area (Å²) in [5.74, 6) is 0.234. The Bertz CT molecular complexity index is 594. The molecule has 27 heavy (non-hydrogen) atoms. The molecule has 2 fully saturated rings. The highest BCUT2D eigenvalue weighted by molar-refractivity contribution is 5.73. The molecule has 5 nitrogen and oxygen atoms in total. The third-order valence-electron chi connectivity index (χ3n) is 5.88. The predicted molar refractivity (Wildman–Crippen MR) is 108 cm³/mol. The van der Waals surface area contributed by atoms with Crippen LogP contribution in [-0.2, 0) is 0 Å². The Kier molecular flexibility index (Phi) is 7.33. The van der Waals surface area contributed by atoms with E-state index in [0.717, 1.165) is 44.7 Å². The van der Waals surface area contributed by atoms with Crippen molar-refractivity contribution in [3.8, 4) is 0 Å². The molecule has 0 bridgehead atoms. The highest BCUT2D eigenvalue weighted by Gasteiger charge is 2.23. The van der Waals surface area contributed by atoms with Crippen LogP contribution in [0, 0.1) is 11.7 Å². The van der Waals surface area contributed by atoms with Gasteiger partial charge in [-0.2, -0.15) is 0 Å². The van der Waals surface area contributed by atoms with Gasteiger partial charge >= 0.3 is 6.03 Å². The van der Waals surface area contributed by atoms with Gasteiger partial charge in [-0.05, 0) is 69.3 Å². The van der Waals surface area contributed by atoms with Crippen LogP contribution in [0.5, 0.6) is 0 Å². The maximum Gasteiger partial charge on any atom is 0.314 e. The van der Waals surface area contributed by atoms with E-state index in [1.165, 1.54) is 37.9 Å². The third-order valence-corrected chi connectivity index (χ3v) is 5.88. The van der Waals surface area contributed by atoms with Gasteiger partial charge in [0, 0.05) is 44.5 Å². The molecule has 0 aliphatic carbocycles. The van der Waals surface area contributed by atoms with Gasteiger partial charge in [0.1, 0.15) is 5.82 Å². The van der Waals surface area contributed by atoms with Crippen molar-refractivity contribution in [2.75, 3.05) is 44.2 Å². The average Bonchev–Trinajstić information content (AvgIpc) is 3.14. The number of halogens is 1. The number of benzene rings is 1. The first-order valence-electron chi connectivity index (χ1n) is 10.4. The fourth-order valence-corrected chi connectivity index (χ4v) is 4.16. The smallest absolute Gasteiger partial charge is 0.314 e. The summed E-state index contributed by atoms with van der Waals surface area (Å²) in [6, 6.07) is 7.25. The maximum atomic E-state index is 13.0. The van der Waals surface area contributed by atoms with Crippen LogP contribution >= 0.6 is 0 Å². The number of amides is 2. The van der Waals surface area contributed by atoms with Gasteiger partial charge in [-0.3, -0.25) is 0 Å². The summed E-state index contributed by atoms with van der Waals surface area (Å²) in [5.41, 5.74) is 1.05. The summed E-state index contributed by atoms with van der Waals surface area (Å²) in [7, 11) is 0. The Morgan fingerprint density at radius 2 is 1.96 bits per heavy atom. The van der Waals surface area contributed by atoms with Crippen LogP contribution in [0.2, 0.25) is 0 Å². The van der Waals surface area contributed by atoms with Crippen LogP contribution in [0.1, 0.15) is 39.0 Å².